The van der Waals surface area contributed by atoms with E-state index in [9.17, 15) is 4.79 Å². The minimum Gasteiger partial charge on any atom is -0.385 e. The van der Waals surface area contributed by atoms with Crippen LogP contribution in [0.5, 0.6) is 0 Å². The quantitative estimate of drug-likeness (QED) is 0.801. The first-order valence-electron chi connectivity index (χ1n) is 6.64. The van der Waals surface area contributed by atoms with E-state index in [-0.39, 0.29) is 5.92 Å². The molecule has 1 aromatic rings. The summed E-state index contributed by atoms with van der Waals surface area (Å²) in [5.41, 5.74) is 3.33. The molecule has 0 fully saturated rings. The first-order valence-corrected chi connectivity index (χ1v) is 6.64. The smallest absolute Gasteiger partial charge is 0.166 e. The van der Waals surface area contributed by atoms with Gasteiger partial charge in [0.25, 0.3) is 0 Å². The molecule has 1 heterocycles. The molecule has 0 saturated heterocycles. The normalized spacial score (nSPS) is 15.9. The van der Waals surface area contributed by atoms with Crippen LogP contribution in [0, 0.1) is 5.92 Å². The number of carbonyl (C=O) groups excluding carboxylic acids is 1. The Kier molecular flexibility index (Phi) is 3.82. The van der Waals surface area contributed by atoms with Crippen molar-refractivity contribution in [2.45, 2.75) is 39.5 Å². The lowest BCUT2D eigenvalue weighted by molar-refractivity contribution is 0.0922. The van der Waals surface area contributed by atoms with E-state index in [1.54, 1.807) is 0 Å². The van der Waals surface area contributed by atoms with Gasteiger partial charge in [-0.05, 0) is 30.9 Å². The molecule has 1 unspecified atom stereocenters. The van der Waals surface area contributed by atoms with Crippen LogP contribution in [0.15, 0.2) is 18.2 Å². The Labute approximate surface area is 103 Å². The maximum Gasteiger partial charge on any atom is 0.166 e. The van der Waals surface area contributed by atoms with Gasteiger partial charge in [-0.1, -0.05) is 32.4 Å². The Bertz CT molecular complexity index is 411. The largest absolute Gasteiger partial charge is 0.385 e. The van der Waals surface area contributed by atoms with Crippen LogP contribution in [0.1, 0.15) is 49.0 Å². The van der Waals surface area contributed by atoms with E-state index in [2.05, 4.69) is 18.3 Å². The third-order valence-electron chi connectivity index (χ3n) is 3.53. The Morgan fingerprint density at radius 1 is 1.47 bits per heavy atom. The van der Waals surface area contributed by atoms with Gasteiger partial charge in [-0.25, -0.2) is 0 Å². The lowest BCUT2D eigenvalue weighted by Crippen LogP contribution is -2.18. The van der Waals surface area contributed by atoms with Gasteiger partial charge in [0.1, 0.15) is 0 Å². The second-order valence-electron chi connectivity index (χ2n) is 4.92. The van der Waals surface area contributed by atoms with Crippen molar-refractivity contribution in [1.82, 2.24) is 0 Å². The van der Waals surface area contributed by atoms with E-state index < -0.39 is 0 Å². The summed E-state index contributed by atoms with van der Waals surface area (Å²) >= 11 is 0. The molecule has 1 atom stereocenters. The maximum absolute atomic E-state index is 12.4. The van der Waals surface area contributed by atoms with Crippen LogP contribution < -0.4 is 5.32 Å². The predicted octanol–water partition coefficient (Wildman–Crippen LogP) is 3.66. The number of anilines is 1. The minimum absolute atomic E-state index is 0.147. The van der Waals surface area contributed by atoms with E-state index in [1.165, 1.54) is 5.56 Å². The summed E-state index contributed by atoms with van der Waals surface area (Å²) in [5.74, 6) is 0.459. The van der Waals surface area contributed by atoms with Crippen LogP contribution >= 0.6 is 0 Å². The van der Waals surface area contributed by atoms with Crippen molar-refractivity contribution in [3.8, 4) is 0 Å². The molecule has 0 saturated carbocycles. The molecular formula is C15H21NO. The standard InChI is InChI=1S/C15H21NO/c1-3-6-11(2)15(17)13-7-4-9-14-12(13)8-5-10-16-14/h4,7,9,11,16H,3,5-6,8,10H2,1-2H3. The number of nitrogens with one attached hydrogen (secondary N) is 1. The van der Waals surface area contributed by atoms with Crippen LogP contribution in [-0.2, 0) is 6.42 Å². The highest BCUT2D eigenvalue weighted by Gasteiger charge is 2.20. The Morgan fingerprint density at radius 2 is 2.29 bits per heavy atom. The van der Waals surface area contributed by atoms with Crippen molar-refractivity contribution in [2.75, 3.05) is 11.9 Å². The van der Waals surface area contributed by atoms with Gasteiger partial charge in [0, 0.05) is 23.7 Å². The number of ketones is 1. The monoisotopic (exact) mass is 231 g/mol. The van der Waals surface area contributed by atoms with Crippen molar-refractivity contribution in [2.24, 2.45) is 5.92 Å². The van der Waals surface area contributed by atoms with Crippen LogP contribution in [-0.4, -0.2) is 12.3 Å². The molecule has 92 valence electrons. The first kappa shape index (κ1) is 12.2. The van der Waals surface area contributed by atoms with Crippen molar-refractivity contribution in [3.05, 3.63) is 29.3 Å². The average molecular weight is 231 g/mol. The zero-order valence-corrected chi connectivity index (χ0v) is 10.8. The van der Waals surface area contributed by atoms with Crippen molar-refractivity contribution < 1.29 is 4.79 Å². The SMILES string of the molecule is CCCC(C)C(=O)c1cccc2c1CCCN2. The minimum atomic E-state index is 0.147. The summed E-state index contributed by atoms with van der Waals surface area (Å²) in [6.45, 7) is 5.20. The van der Waals surface area contributed by atoms with Crippen molar-refractivity contribution in [1.29, 1.82) is 0 Å². The van der Waals surface area contributed by atoms with E-state index in [0.29, 0.717) is 5.78 Å². The summed E-state index contributed by atoms with van der Waals surface area (Å²) in [6, 6.07) is 6.05. The fourth-order valence-corrected chi connectivity index (χ4v) is 2.57. The van der Waals surface area contributed by atoms with Crippen LogP contribution in [0.25, 0.3) is 0 Å². The third-order valence-corrected chi connectivity index (χ3v) is 3.53. The molecule has 0 radical (unpaired) electrons. The Balaban J connectivity index is 2.29. The van der Waals surface area contributed by atoms with Crippen LogP contribution in [0.2, 0.25) is 0 Å². The van der Waals surface area contributed by atoms with Crippen molar-refractivity contribution >= 4 is 11.5 Å². The van der Waals surface area contributed by atoms with Gasteiger partial charge in [0.2, 0.25) is 0 Å². The molecule has 1 N–H and O–H groups in total. The highest BCUT2D eigenvalue weighted by Crippen LogP contribution is 2.27. The topological polar surface area (TPSA) is 29.1 Å². The number of benzene rings is 1. The van der Waals surface area contributed by atoms with E-state index in [0.717, 1.165) is 43.5 Å². The van der Waals surface area contributed by atoms with Gasteiger partial charge >= 0.3 is 0 Å². The molecule has 0 aliphatic carbocycles. The number of rotatable bonds is 4. The van der Waals surface area contributed by atoms with Gasteiger partial charge in [-0.3, -0.25) is 4.79 Å². The number of carbonyl (C=O) groups is 1. The molecule has 0 amide bonds. The molecule has 2 rings (SSSR count). The van der Waals surface area contributed by atoms with Crippen LogP contribution in [0.4, 0.5) is 5.69 Å². The zero-order chi connectivity index (χ0) is 12.3. The van der Waals surface area contributed by atoms with E-state index >= 15 is 0 Å². The molecule has 0 spiro atoms. The molecule has 0 aromatic heterocycles. The number of fused-ring (bicyclic) bond motifs is 1. The highest BCUT2D eigenvalue weighted by molar-refractivity contribution is 6.00. The molecule has 1 aromatic carbocycles. The number of hydrogen-bond acceptors (Lipinski definition) is 2. The van der Waals surface area contributed by atoms with Gasteiger partial charge in [0.05, 0.1) is 0 Å². The van der Waals surface area contributed by atoms with E-state index in [4.69, 9.17) is 0 Å². The van der Waals surface area contributed by atoms with Gasteiger partial charge in [0.15, 0.2) is 5.78 Å². The van der Waals surface area contributed by atoms with Crippen LogP contribution in [0.3, 0.4) is 0 Å². The number of Topliss-reactive ketones (excluding diaryl/α,β-unsaturated/α-hetero) is 1. The highest BCUT2D eigenvalue weighted by atomic mass is 16.1. The van der Waals surface area contributed by atoms with Gasteiger partial charge < -0.3 is 5.32 Å². The molecule has 1 aliphatic rings. The maximum atomic E-state index is 12.4. The first-order chi connectivity index (χ1) is 8.24. The fourth-order valence-electron chi connectivity index (χ4n) is 2.57. The van der Waals surface area contributed by atoms with Gasteiger partial charge in [-0.2, -0.15) is 0 Å². The van der Waals surface area contributed by atoms with E-state index in [1.807, 2.05) is 19.1 Å². The van der Waals surface area contributed by atoms with Crippen molar-refractivity contribution in [3.63, 3.8) is 0 Å². The summed E-state index contributed by atoms with van der Waals surface area (Å²) < 4.78 is 0. The fraction of sp³-hybridized carbons (Fsp3) is 0.533. The number of hydrogen-bond donors (Lipinski definition) is 1. The molecular weight excluding hydrogens is 210 g/mol. The zero-order valence-electron chi connectivity index (χ0n) is 10.8. The Hall–Kier alpha value is -1.31. The summed E-state index contributed by atoms with van der Waals surface area (Å²) in [6.07, 6.45) is 4.21. The molecule has 0 bridgehead atoms. The third kappa shape index (κ3) is 2.51. The molecule has 1 aliphatic heterocycles. The summed E-state index contributed by atoms with van der Waals surface area (Å²) in [4.78, 5) is 12.4. The van der Waals surface area contributed by atoms with Gasteiger partial charge in [-0.15, -0.1) is 0 Å². The lowest BCUT2D eigenvalue weighted by atomic mass is 9.89. The molecule has 17 heavy (non-hydrogen) atoms. The molecule has 2 heteroatoms. The summed E-state index contributed by atoms with van der Waals surface area (Å²) in [7, 11) is 0. The summed E-state index contributed by atoms with van der Waals surface area (Å²) in [5, 5.41) is 3.38. The molecule has 2 nitrogen and oxygen atoms in total. The average Bonchev–Trinajstić information content (AvgIpc) is 2.37. The second kappa shape index (κ2) is 5.35. The Morgan fingerprint density at radius 3 is 3.06 bits per heavy atom. The second-order valence-corrected chi connectivity index (χ2v) is 4.92. The predicted molar refractivity (Wildman–Crippen MR) is 71.7 cm³/mol. The lowest BCUT2D eigenvalue weighted by Gasteiger charge is -2.21.